The fourth-order valence-corrected chi connectivity index (χ4v) is 7.63. The highest BCUT2D eigenvalue weighted by molar-refractivity contribution is 6.13. The van der Waals surface area contributed by atoms with Gasteiger partial charge in [-0.25, -0.2) is 0 Å². The monoisotopic (exact) mass is 473 g/mol. The van der Waals surface area contributed by atoms with Gasteiger partial charge in [0.15, 0.2) is 5.60 Å². The first kappa shape index (κ1) is 20.7. The van der Waals surface area contributed by atoms with E-state index in [1.807, 2.05) is 19.1 Å². The Morgan fingerprint density at radius 3 is 2.66 bits per heavy atom. The van der Waals surface area contributed by atoms with E-state index in [0.29, 0.717) is 33.6 Å². The largest absolute Gasteiger partial charge is 0.507 e. The van der Waals surface area contributed by atoms with E-state index in [-0.39, 0.29) is 18.6 Å². The molecular formula is C27H23NO7. The van der Waals surface area contributed by atoms with Crippen molar-refractivity contribution < 1.29 is 34.4 Å². The molecule has 3 aromatic rings. The van der Waals surface area contributed by atoms with Crippen molar-refractivity contribution in [1.29, 1.82) is 0 Å². The van der Waals surface area contributed by atoms with Crippen LogP contribution in [-0.2, 0) is 15.2 Å². The maximum atomic E-state index is 13.9. The maximum absolute atomic E-state index is 13.9. The van der Waals surface area contributed by atoms with Gasteiger partial charge in [-0.05, 0) is 48.9 Å². The lowest BCUT2D eigenvalue weighted by Gasteiger charge is -2.54. The summed E-state index contributed by atoms with van der Waals surface area (Å²) in [7, 11) is 1.46. The second-order valence-electron chi connectivity index (χ2n) is 10.2. The number of imide groups is 1. The Hall–Kier alpha value is -3.62. The van der Waals surface area contributed by atoms with Crippen molar-refractivity contribution in [3.8, 4) is 17.2 Å². The lowest BCUT2D eigenvalue weighted by molar-refractivity contribution is -0.172. The summed E-state index contributed by atoms with van der Waals surface area (Å²) in [4.78, 5) is 27.6. The normalized spacial score (nSPS) is 33.9. The number of ether oxygens (including phenoxy) is 2. The summed E-state index contributed by atoms with van der Waals surface area (Å²) in [5, 5.41) is 38.1. The van der Waals surface area contributed by atoms with Gasteiger partial charge in [0.05, 0.1) is 24.9 Å². The van der Waals surface area contributed by atoms with E-state index in [9.17, 15) is 24.9 Å². The van der Waals surface area contributed by atoms with Crippen molar-refractivity contribution in [2.24, 2.45) is 10.8 Å². The Labute approximate surface area is 200 Å². The second kappa shape index (κ2) is 6.13. The zero-order valence-electron chi connectivity index (χ0n) is 19.1. The molecule has 0 radical (unpaired) electrons. The first-order chi connectivity index (χ1) is 16.7. The number of phenols is 1. The molecule has 0 aromatic heterocycles. The number of benzene rings is 3. The van der Waals surface area contributed by atoms with Crippen molar-refractivity contribution in [3.63, 3.8) is 0 Å². The van der Waals surface area contributed by atoms with Crippen LogP contribution in [0.4, 0.5) is 0 Å². The fraction of sp³-hybridized carbons (Fsp3) is 0.333. The average Bonchev–Trinajstić information content (AvgIpc) is 3.41. The van der Waals surface area contributed by atoms with E-state index in [1.165, 1.54) is 7.11 Å². The Kier molecular flexibility index (Phi) is 3.63. The summed E-state index contributed by atoms with van der Waals surface area (Å²) in [6.07, 6.45) is -2.76. The molecule has 8 heteroatoms. The van der Waals surface area contributed by atoms with E-state index in [0.717, 1.165) is 10.9 Å². The second-order valence-corrected chi connectivity index (χ2v) is 10.2. The van der Waals surface area contributed by atoms with Crippen LogP contribution in [0.5, 0.6) is 17.2 Å². The van der Waals surface area contributed by atoms with Gasteiger partial charge in [-0.1, -0.05) is 24.3 Å². The number of hydrogen-bond acceptors (Lipinski definition) is 7. The van der Waals surface area contributed by atoms with E-state index in [1.54, 1.807) is 30.3 Å². The maximum Gasteiger partial charge on any atom is 0.238 e. The Balaban J connectivity index is 1.73. The fourth-order valence-electron chi connectivity index (χ4n) is 7.63. The van der Waals surface area contributed by atoms with Crippen molar-refractivity contribution in [2.75, 3.05) is 7.11 Å². The topological polar surface area (TPSA) is 125 Å². The lowest BCUT2D eigenvalue weighted by atomic mass is 9.48. The van der Waals surface area contributed by atoms with Gasteiger partial charge in [-0.3, -0.25) is 14.9 Å². The van der Waals surface area contributed by atoms with Gasteiger partial charge in [0, 0.05) is 16.5 Å². The van der Waals surface area contributed by atoms with E-state index >= 15 is 0 Å². The van der Waals surface area contributed by atoms with Gasteiger partial charge in [0.1, 0.15) is 28.1 Å². The van der Waals surface area contributed by atoms with Crippen LogP contribution in [0, 0.1) is 17.8 Å². The highest BCUT2D eigenvalue weighted by atomic mass is 16.5. The van der Waals surface area contributed by atoms with Crippen LogP contribution in [0.15, 0.2) is 42.5 Å². The molecule has 178 valence electrons. The third-order valence-electron chi connectivity index (χ3n) is 8.71. The molecule has 35 heavy (non-hydrogen) atoms. The first-order valence-corrected chi connectivity index (χ1v) is 11.6. The highest BCUT2D eigenvalue weighted by Gasteiger charge is 2.85. The number of methoxy groups -OCH3 is 1. The number of nitrogens with one attached hydrogen (secondary N) is 1. The number of aromatic hydroxyl groups is 1. The van der Waals surface area contributed by atoms with Gasteiger partial charge in [0.2, 0.25) is 11.8 Å². The molecule has 7 rings (SSSR count). The van der Waals surface area contributed by atoms with E-state index in [2.05, 4.69) is 5.32 Å². The molecular weight excluding hydrogens is 450 g/mol. The van der Waals surface area contributed by atoms with Gasteiger partial charge in [-0.2, -0.15) is 0 Å². The minimum Gasteiger partial charge on any atom is -0.507 e. The third-order valence-corrected chi connectivity index (χ3v) is 8.71. The number of rotatable bonds is 1. The molecule has 3 aromatic carbocycles. The summed E-state index contributed by atoms with van der Waals surface area (Å²) in [6, 6.07) is 12.3. The molecule has 5 unspecified atom stereocenters. The third kappa shape index (κ3) is 1.94. The molecule has 1 spiro atoms. The first-order valence-electron chi connectivity index (χ1n) is 11.6. The number of aryl methyl sites for hydroxylation is 1. The summed E-state index contributed by atoms with van der Waals surface area (Å²) in [5.41, 5.74) is -3.12. The van der Waals surface area contributed by atoms with Crippen LogP contribution in [0.25, 0.3) is 10.8 Å². The standard InChI is InChI=1S/C27H23NO7/c1-12-8-13-6-7-16(30)21-19(13)18(9-12)35-27(21)15-4-3-5-17(34-2)20(15)22(31)25-10-14(29)11-26(25,27)24(33)28-23(25)32/h3-9,14,22,29-31H,10-11H2,1-2H3,(H,28,32,33). The molecule has 2 amide bonds. The zero-order chi connectivity index (χ0) is 24.5. The lowest BCUT2D eigenvalue weighted by Crippen LogP contribution is -2.63. The molecule has 2 heterocycles. The quantitative estimate of drug-likeness (QED) is 0.400. The number of aliphatic hydroxyl groups excluding tert-OH is 2. The minimum atomic E-state index is -1.73. The molecule has 1 saturated carbocycles. The van der Waals surface area contributed by atoms with Gasteiger partial charge >= 0.3 is 0 Å². The van der Waals surface area contributed by atoms with Gasteiger partial charge < -0.3 is 24.8 Å². The highest BCUT2D eigenvalue weighted by Crippen LogP contribution is 2.77. The van der Waals surface area contributed by atoms with Crippen LogP contribution in [0.2, 0.25) is 0 Å². The molecule has 2 fully saturated rings. The number of phenolic OH excluding ortho intramolecular Hbond substituents is 1. The number of aliphatic hydroxyl groups is 2. The minimum absolute atomic E-state index is 0.0953. The molecule has 2 aliphatic heterocycles. The average molecular weight is 473 g/mol. The smallest absolute Gasteiger partial charge is 0.238 e. The predicted molar refractivity (Wildman–Crippen MR) is 123 cm³/mol. The molecule has 0 bridgehead atoms. The number of hydrogen-bond donors (Lipinski definition) is 4. The molecule has 8 nitrogen and oxygen atoms in total. The van der Waals surface area contributed by atoms with Gasteiger partial charge in [0.25, 0.3) is 0 Å². The van der Waals surface area contributed by atoms with Crippen LogP contribution < -0.4 is 14.8 Å². The van der Waals surface area contributed by atoms with Crippen LogP contribution in [-0.4, -0.2) is 40.3 Å². The number of carbonyl (C=O) groups excluding carboxylic acids is 2. The Morgan fingerprint density at radius 2 is 1.89 bits per heavy atom. The molecule has 4 aliphatic rings. The summed E-state index contributed by atoms with van der Waals surface area (Å²) < 4.78 is 12.4. The molecule has 1 saturated heterocycles. The van der Waals surface area contributed by atoms with Crippen molar-refractivity contribution in [3.05, 3.63) is 64.7 Å². The molecule has 2 aliphatic carbocycles. The SMILES string of the molecule is COc1cccc2c1C(O)C13CC(O)CC1(C(=O)NC3=O)C21Oc2cc(C)cc3ccc(O)c1c23. The van der Waals surface area contributed by atoms with Crippen LogP contribution in [0.3, 0.4) is 0 Å². The Bertz CT molecular complexity index is 1520. The Morgan fingerprint density at radius 1 is 1.09 bits per heavy atom. The zero-order valence-corrected chi connectivity index (χ0v) is 19.1. The van der Waals surface area contributed by atoms with Crippen molar-refractivity contribution in [1.82, 2.24) is 5.32 Å². The summed E-state index contributed by atoms with van der Waals surface area (Å²) in [6.45, 7) is 1.92. The number of fused-ring (bicyclic) bond motifs is 3. The number of amides is 2. The van der Waals surface area contributed by atoms with Crippen LogP contribution >= 0.6 is 0 Å². The summed E-state index contributed by atoms with van der Waals surface area (Å²) >= 11 is 0. The molecule has 4 N–H and O–H groups in total. The van der Waals surface area contributed by atoms with Crippen LogP contribution in [0.1, 0.15) is 41.2 Å². The van der Waals surface area contributed by atoms with E-state index in [4.69, 9.17) is 9.47 Å². The van der Waals surface area contributed by atoms with Crippen molar-refractivity contribution in [2.45, 2.75) is 37.6 Å². The van der Waals surface area contributed by atoms with E-state index < -0.39 is 40.5 Å². The summed E-state index contributed by atoms with van der Waals surface area (Å²) in [5.74, 6) is -0.597. The number of carbonyl (C=O) groups is 2. The molecule has 5 atom stereocenters. The van der Waals surface area contributed by atoms with Gasteiger partial charge in [-0.15, -0.1) is 0 Å². The van der Waals surface area contributed by atoms with Crippen molar-refractivity contribution >= 4 is 22.6 Å². The predicted octanol–water partition coefficient (Wildman–Crippen LogP) is 2.33.